The van der Waals surface area contributed by atoms with Crippen molar-refractivity contribution in [3.63, 3.8) is 0 Å². The summed E-state index contributed by atoms with van der Waals surface area (Å²) in [5.41, 5.74) is 1.68. The van der Waals surface area contributed by atoms with Crippen molar-refractivity contribution in [1.82, 2.24) is 15.2 Å². The highest BCUT2D eigenvalue weighted by Crippen LogP contribution is 2.23. The van der Waals surface area contributed by atoms with Gasteiger partial charge < -0.3 is 10.3 Å². The normalized spacial score (nSPS) is 10.9. The molecule has 0 bridgehead atoms. The molecular weight excluding hydrogens is 415 g/mol. The van der Waals surface area contributed by atoms with E-state index in [1.807, 2.05) is 6.07 Å². The summed E-state index contributed by atoms with van der Waals surface area (Å²) >= 11 is 3.18. The fourth-order valence-corrected chi connectivity index (χ4v) is 3.25. The Balaban J connectivity index is 1.56. The number of halogens is 2. The number of anilines is 1. The third-order valence-corrected chi connectivity index (χ3v) is 4.74. The van der Waals surface area contributed by atoms with E-state index >= 15 is 0 Å². The number of nitrogens with one attached hydrogen (secondary N) is 3. The average molecular weight is 427 g/mol. The number of fused-ring (bicyclic) bond motifs is 1. The molecule has 0 spiro atoms. The maximum absolute atomic E-state index is 14.0. The van der Waals surface area contributed by atoms with Crippen LogP contribution in [0.4, 0.5) is 10.1 Å². The van der Waals surface area contributed by atoms with E-state index in [9.17, 15) is 14.0 Å². The fraction of sp³-hybridized carbons (Fsp3) is 0. The first-order chi connectivity index (χ1) is 13.0. The standard InChI is InChI=1S/C19H12BrFN4O2/c20-13-2-1-3-14(21)17(13)18(26)11-6-16(22-8-11)19(27)24-12-5-4-10-9-23-25-15(10)7-12/h1-9,22H,(H,23,25)(H,24,27). The molecule has 0 unspecified atom stereocenters. The number of H-pyrrole nitrogens is 2. The van der Waals surface area contributed by atoms with Gasteiger partial charge in [0.15, 0.2) is 5.78 Å². The quantitative estimate of drug-likeness (QED) is 0.425. The van der Waals surface area contributed by atoms with Gasteiger partial charge in [0, 0.05) is 27.3 Å². The van der Waals surface area contributed by atoms with Crippen LogP contribution in [-0.2, 0) is 0 Å². The predicted octanol–water partition coefficient (Wildman–Crippen LogP) is 4.28. The van der Waals surface area contributed by atoms with Crippen LogP contribution in [0.25, 0.3) is 10.9 Å². The third kappa shape index (κ3) is 3.26. The molecule has 6 nitrogen and oxygen atoms in total. The van der Waals surface area contributed by atoms with E-state index in [1.165, 1.54) is 24.4 Å². The molecule has 0 aliphatic rings. The molecule has 0 radical (unpaired) electrons. The maximum atomic E-state index is 14.0. The molecule has 3 N–H and O–H groups in total. The Kier molecular flexibility index (Phi) is 4.33. The minimum absolute atomic E-state index is 0.0758. The number of rotatable bonds is 4. The van der Waals surface area contributed by atoms with Gasteiger partial charge in [-0.3, -0.25) is 14.7 Å². The van der Waals surface area contributed by atoms with Crippen LogP contribution in [0.1, 0.15) is 26.4 Å². The number of carbonyl (C=O) groups excluding carboxylic acids is 2. The van der Waals surface area contributed by atoms with Crippen LogP contribution in [-0.4, -0.2) is 26.9 Å². The van der Waals surface area contributed by atoms with Crippen molar-refractivity contribution in [3.05, 3.63) is 82.0 Å². The summed E-state index contributed by atoms with van der Waals surface area (Å²) in [6.07, 6.45) is 3.07. The first kappa shape index (κ1) is 17.2. The molecule has 4 rings (SSSR count). The van der Waals surface area contributed by atoms with Crippen LogP contribution in [0.15, 0.2) is 59.3 Å². The number of nitrogens with zero attached hydrogens (tertiary/aromatic N) is 1. The molecule has 0 fully saturated rings. The molecule has 4 aromatic rings. The highest BCUT2D eigenvalue weighted by atomic mass is 79.9. The molecule has 27 heavy (non-hydrogen) atoms. The molecule has 0 aliphatic carbocycles. The largest absolute Gasteiger partial charge is 0.356 e. The Bertz CT molecular complexity index is 1160. The number of aromatic amines is 2. The van der Waals surface area contributed by atoms with Crippen LogP contribution < -0.4 is 5.32 Å². The predicted molar refractivity (Wildman–Crippen MR) is 102 cm³/mol. The van der Waals surface area contributed by atoms with Crippen molar-refractivity contribution < 1.29 is 14.0 Å². The Morgan fingerprint density at radius 3 is 2.81 bits per heavy atom. The lowest BCUT2D eigenvalue weighted by atomic mass is 10.1. The minimum Gasteiger partial charge on any atom is -0.356 e. The van der Waals surface area contributed by atoms with Gasteiger partial charge in [-0.25, -0.2) is 4.39 Å². The van der Waals surface area contributed by atoms with Gasteiger partial charge >= 0.3 is 0 Å². The van der Waals surface area contributed by atoms with E-state index in [0.29, 0.717) is 10.2 Å². The van der Waals surface area contributed by atoms with Gasteiger partial charge in [-0.15, -0.1) is 0 Å². The van der Waals surface area contributed by atoms with Crippen LogP contribution in [0.2, 0.25) is 0 Å². The van der Waals surface area contributed by atoms with E-state index in [-0.39, 0.29) is 16.8 Å². The second kappa shape index (κ2) is 6.81. The zero-order valence-electron chi connectivity index (χ0n) is 13.7. The molecule has 2 heterocycles. The van der Waals surface area contributed by atoms with Crippen molar-refractivity contribution in [2.24, 2.45) is 0 Å². The highest BCUT2D eigenvalue weighted by molar-refractivity contribution is 9.10. The molecule has 0 saturated carbocycles. The topological polar surface area (TPSA) is 90.6 Å². The van der Waals surface area contributed by atoms with Gasteiger partial charge in [-0.2, -0.15) is 5.10 Å². The Morgan fingerprint density at radius 2 is 2.00 bits per heavy atom. The lowest BCUT2D eigenvalue weighted by molar-refractivity contribution is 0.102. The molecule has 0 saturated heterocycles. The van der Waals surface area contributed by atoms with Gasteiger partial charge in [-0.1, -0.05) is 6.07 Å². The van der Waals surface area contributed by atoms with E-state index in [4.69, 9.17) is 0 Å². The first-order valence-corrected chi connectivity index (χ1v) is 8.74. The number of amides is 1. The summed E-state index contributed by atoms with van der Waals surface area (Å²) in [6.45, 7) is 0. The van der Waals surface area contributed by atoms with Gasteiger partial charge in [-0.05, 0) is 52.3 Å². The van der Waals surface area contributed by atoms with E-state index in [0.717, 1.165) is 10.9 Å². The molecule has 0 aliphatic heterocycles. The van der Waals surface area contributed by atoms with Crippen molar-refractivity contribution in [1.29, 1.82) is 0 Å². The van der Waals surface area contributed by atoms with Crippen molar-refractivity contribution in [2.75, 3.05) is 5.32 Å². The van der Waals surface area contributed by atoms with Crippen molar-refractivity contribution in [3.8, 4) is 0 Å². The lowest BCUT2D eigenvalue weighted by Crippen LogP contribution is -2.12. The molecule has 2 aromatic heterocycles. The number of hydrogen-bond donors (Lipinski definition) is 3. The van der Waals surface area contributed by atoms with Gasteiger partial charge in [0.25, 0.3) is 5.91 Å². The SMILES string of the molecule is O=C(Nc1ccc2cn[nH]c2c1)c1cc(C(=O)c2c(F)cccc2Br)c[nH]1. The monoisotopic (exact) mass is 426 g/mol. The summed E-state index contributed by atoms with van der Waals surface area (Å²) in [7, 11) is 0. The van der Waals surface area contributed by atoms with Crippen LogP contribution in [0.3, 0.4) is 0 Å². The lowest BCUT2D eigenvalue weighted by Gasteiger charge is -2.04. The summed E-state index contributed by atoms with van der Waals surface area (Å²) in [6, 6.07) is 11.0. The number of carbonyl (C=O) groups is 2. The van der Waals surface area contributed by atoms with E-state index in [1.54, 1.807) is 24.4 Å². The zero-order valence-corrected chi connectivity index (χ0v) is 15.3. The Labute approximate surface area is 160 Å². The summed E-state index contributed by atoms with van der Waals surface area (Å²) in [5.74, 6) is -1.57. The van der Waals surface area contributed by atoms with Crippen LogP contribution >= 0.6 is 15.9 Å². The van der Waals surface area contributed by atoms with E-state index in [2.05, 4.69) is 36.4 Å². The van der Waals surface area contributed by atoms with Crippen LogP contribution in [0, 0.1) is 5.82 Å². The van der Waals surface area contributed by atoms with Crippen molar-refractivity contribution >= 4 is 44.2 Å². The zero-order chi connectivity index (χ0) is 19.0. The summed E-state index contributed by atoms with van der Waals surface area (Å²) in [5, 5.41) is 10.4. The number of hydrogen-bond acceptors (Lipinski definition) is 3. The third-order valence-electron chi connectivity index (χ3n) is 4.08. The van der Waals surface area contributed by atoms with Crippen LogP contribution in [0.5, 0.6) is 0 Å². The number of benzene rings is 2. The second-order valence-electron chi connectivity index (χ2n) is 5.85. The molecule has 0 atom stereocenters. The summed E-state index contributed by atoms with van der Waals surface area (Å²) < 4.78 is 14.3. The van der Waals surface area contributed by atoms with Gasteiger partial charge in [0.1, 0.15) is 11.5 Å². The Hall–Kier alpha value is -3.26. The Morgan fingerprint density at radius 1 is 1.15 bits per heavy atom. The second-order valence-corrected chi connectivity index (χ2v) is 6.71. The average Bonchev–Trinajstić information content (AvgIpc) is 3.30. The van der Waals surface area contributed by atoms with Crippen molar-refractivity contribution in [2.45, 2.75) is 0 Å². The first-order valence-electron chi connectivity index (χ1n) is 7.94. The molecular formula is C19H12BrFN4O2. The minimum atomic E-state index is -0.630. The highest BCUT2D eigenvalue weighted by Gasteiger charge is 2.20. The molecule has 8 heteroatoms. The molecule has 2 aromatic carbocycles. The number of aromatic nitrogens is 3. The maximum Gasteiger partial charge on any atom is 0.272 e. The van der Waals surface area contributed by atoms with Gasteiger partial charge in [0.2, 0.25) is 0 Å². The molecule has 1 amide bonds. The number of ketones is 1. The van der Waals surface area contributed by atoms with Gasteiger partial charge in [0.05, 0.1) is 17.3 Å². The molecule has 134 valence electrons. The smallest absolute Gasteiger partial charge is 0.272 e. The van der Waals surface area contributed by atoms with E-state index < -0.39 is 17.5 Å². The fourth-order valence-electron chi connectivity index (χ4n) is 2.73. The summed E-state index contributed by atoms with van der Waals surface area (Å²) in [4.78, 5) is 27.8.